The van der Waals surface area contributed by atoms with Crippen LogP contribution in [0.25, 0.3) is 11.4 Å². The summed E-state index contributed by atoms with van der Waals surface area (Å²) in [6.45, 7) is 6.95. The Morgan fingerprint density at radius 1 is 1.19 bits per heavy atom. The van der Waals surface area contributed by atoms with Crippen molar-refractivity contribution in [2.75, 3.05) is 18.0 Å². The SMILES string of the molecule is CCN1C(=O)c2nc(-c3cccnc3)n(Cc3ccc(F)cc3F)c2N2CC(C)(C)N=C12. The second-order valence-corrected chi connectivity index (χ2v) is 8.53. The molecule has 1 aromatic carbocycles. The third-order valence-electron chi connectivity index (χ3n) is 5.65. The second kappa shape index (κ2) is 7.22. The van der Waals surface area contributed by atoms with Gasteiger partial charge in [-0.3, -0.25) is 19.6 Å². The van der Waals surface area contributed by atoms with E-state index in [4.69, 9.17) is 9.98 Å². The molecule has 0 fully saturated rings. The summed E-state index contributed by atoms with van der Waals surface area (Å²) in [4.78, 5) is 30.6. The van der Waals surface area contributed by atoms with Crippen molar-refractivity contribution in [2.24, 2.45) is 4.99 Å². The van der Waals surface area contributed by atoms with Crippen LogP contribution in [0.4, 0.5) is 14.6 Å². The van der Waals surface area contributed by atoms with E-state index in [9.17, 15) is 13.6 Å². The highest BCUT2D eigenvalue weighted by Gasteiger charge is 2.45. The first-order chi connectivity index (χ1) is 15.3. The lowest BCUT2D eigenvalue weighted by atomic mass is 10.1. The summed E-state index contributed by atoms with van der Waals surface area (Å²) in [5.74, 6) is 0.0642. The van der Waals surface area contributed by atoms with Gasteiger partial charge in [0.05, 0.1) is 18.6 Å². The van der Waals surface area contributed by atoms with Crippen molar-refractivity contribution in [3.63, 3.8) is 0 Å². The third kappa shape index (κ3) is 3.16. The number of halogens is 2. The van der Waals surface area contributed by atoms with E-state index < -0.39 is 17.2 Å². The highest BCUT2D eigenvalue weighted by Crippen LogP contribution is 2.38. The van der Waals surface area contributed by atoms with E-state index in [0.29, 0.717) is 41.8 Å². The number of guanidine groups is 1. The topological polar surface area (TPSA) is 66.6 Å². The molecule has 4 heterocycles. The number of aromatic nitrogens is 3. The fourth-order valence-electron chi connectivity index (χ4n) is 4.25. The van der Waals surface area contributed by atoms with Crippen molar-refractivity contribution >= 4 is 17.7 Å². The Hall–Kier alpha value is -3.62. The van der Waals surface area contributed by atoms with Crippen LogP contribution in [0.5, 0.6) is 0 Å². The van der Waals surface area contributed by atoms with Gasteiger partial charge < -0.3 is 4.57 Å². The third-order valence-corrected chi connectivity index (χ3v) is 5.65. The summed E-state index contributed by atoms with van der Waals surface area (Å²) in [5.41, 5.74) is 0.858. The Kier molecular flexibility index (Phi) is 4.58. The van der Waals surface area contributed by atoms with Crippen molar-refractivity contribution in [2.45, 2.75) is 32.9 Å². The molecule has 2 aliphatic heterocycles. The largest absolute Gasteiger partial charge is 0.305 e. The van der Waals surface area contributed by atoms with Gasteiger partial charge in [-0.1, -0.05) is 6.07 Å². The van der Waals surface area contributed by atoms with E-state index in [2.05, 4.69) is 4.98 Å². The Balaban J connectivity index is 1.74. The van der Waals surface area contributed by atoms with Crippen LogP contribution in [0.3, 0.4) is 0 Å². The zero-order chi connectivity index (χ0) is 22.6. The van der Waals surface area contributed by atoms with E-state index in [1.807, 2.05) is 31.7 Å². The second-order valence-electron chi connectivity index (χ2n) is 8.53. The molecule has 5 rings (SSSR count). The predicted molar refractivity (Wildman–Crippen MR) is 116 cm³/mol. The van der Waals surface area contributed by atoms with E-state index >= 15 is 0 Å². The number of anilines is 1. The summed E-state index contributed by atoms with van der Waals surface area (Å²) in [6.07, 6.45) is 3.30. The molecule has 0 radical (unpaired) electrons. The quantitative estimate of drug-likeness (QED) is 0.626. The Morgan fingerprint density at radius 3 is 2.69 bits per heavy atom. The average Bonchev–Trinajstić information content (AvgIpc) is 3.28. The normalized spacial score (nSPS) is 16.8. The smallest absolute Gasteiger partial charge is 0.283 e. The van der Waals surface area contributed by atoms with E-state index in [1.54, 1.807) is 27.9 Å². The van der Waals surface area contributed by atoms with Crippen LogP contribution in [0.1, 0.15) is 36.8 Å². The van der Waals surface area contributed by atoms with Crippen LogP contribution >= 0.6 is 0 Å². The number of carbonyl (C=O) groups excluding carboxylic acids is 1. The molecule has 2 aromatic heterocycles. The van der Waals surface area contributed by atoms with Crippen LogP contribution in [-0.4, -0.2) is 49.9 Å². The number of hydrogen-bond acceptors (Lipinski definition) is 5. The summed E-state index contributed by atoms with van der Waals surface area (Å²) in [6, 6.07) is 7.11. The minimum Gasteiger partial charge on any atom is -0.305 e. The lowest BCUT2D eigenvalue weighted by Crippen LogP contribution is -2.51. The maximum Gasteiger partial charge on any atom is 0.283 e. The highest BCUT2D eigenvalue weighted by atomic mass is 19.1. The molecule has 0 aliphatic carbocycles. The molecule has 1 amide bonds. The van der Waals surface area contributed by atoms with Gasteiger partial charge in [0.25, 0.3) is 5.91 Å². The average molecular weight is 436 g/mol. The number of carbonyl (C=O) groups is 1. The van der Waals surface area contributed by atoms with Crippen molar-refractivity contribution in [1.29, 1.82) is 0 Å². The number of pyridine rings is 1. The standard InChI is InChI=1S/C23H22F2N6O/c1-4-29-21(32)18-20(31-13-23(2,3)28-22(29)31)30(12-15-7-8-16(24)10-17(15)25)19(27-18)14-6-5-9-26-11-14/h5-11H,4,12-13H2,1-3H3. The Labute approximate surface area is 184 Å². The molecule has 0 saturated carbocycles. The zero-order valence-corrected chi connectivity index (χ0v) is 18.0. The van der Waals surface area contributed by atoms with Crippen LogP contribution < -0.4 is 4.90 Å². The fourth-order valence-corrected chi connectivity index (χ4v) is 4.25. The Morgan fingerprint density at radius 2 is 2.00 bits per heavy atom. The Bertz CT molecular complexity index is 1250. The number of aliphatic imine (C=N–C) groups is 1. The molecule has 0 N–H and O–H groups in total. The van der Waals surface area contributed by atoms with Crippen LogP contribution in [0.2, 0.25) is 0 Å². The minimum atomic E-state index is -0.655. The zero-order valence-electron chi connectivity index (χ0n) is 18.0. The van der Waals surface area contributed by atoms with Gasteiger partial charge >= 0.3 is 0 Å². The van der Waals surface area contributed by atoms with Gasteiger partial charge in [-0.05, 0) is 39.0 Å². The van der Waals surface area contributed by atoms with Gasteiger partial charge in [-0.25, -0.2) is 18.8 Å². The maximum atomic E-state index is 14.6. The molecule has 0 saturated heterocycles. The summed E-state index contributed by atoms with van der Waals surface area (Å²) in [5, 5.41) is 0. The molecular formula is C23H22F2N6O. The van der Waals surface area contributed by atoms with Crippen LogP contribution in [0, 0.1) is 11.6 Å². The summed E-state index contributed by atoms with van der Waals surface area (Å²) < 4.78 is 29.9. The van der Waals surface area contributed by atoms with Gasteiger partial charge in [0.15, 0.2) is 5.69 Å². The van der Waals surface area contributed by atoms with Gasteiger partial charge in [-0.15, -0.1) is 0 Å². The molecule has 0 atom stereocenters. The van der Waals surface area contributed by atoms with Gasteiger partial charge in [0, 0.05) is 36.1 Å². The van der Waals surface area contributed by atoms with E-state index in [-0.39, 0.29) is 18.1 Å². The molecule has 9 heteroatoms. The molecule has 0 unspecified atom stereocenters. The molecule has 0 bridgehead atoms. The van der Waals surface area contributed by atoms with Crippen molar-refractivity contribution in [1.82, 2.24) is 19.4 Å². The summed E-state index contributed by atoms with van der Waals surface area (Å²) >= 11 is 0. The van der Waals surface area contributed by atoms with Crippen molar-refractivity contribution in [3.05, 3.63) is 65.6 Å². The maximum absolute atomic E-state index is 14.6. The molecule has 164 valence electrons. The van der Waals surface area contributed by atoms with E-state index in [1.165, 1.54) is 12.1 Å². The number of nitrogens with zero attached hydrogens (tertiary/aromatic N) is 6. The molecule has 7 nitrogen and oxygen atoms in total. The first kappa shape index (κ1) is 20.3. The first-order valence-corrected chi connectivity index (χ1v) is 10.4. The molecule has 2 aliphatic rings. The fraction of sp³-hybridized carbons (Fsp3) is 0.304. The molecule has 0 spiro atoms. The number of fused-ring (bicyclic) bond motifs is 3. The van der Waals surface area contributed by atoms with Crippen molar-refractivity contribution < 1.29 is 13.6 Å². The summed E-state index contributed by atoms with van der Waals surface area (Å²) in [7, 11) is 0. The number of benzene rings is 1. The number of amides is 1. The highest BCUT2D eigenvalue weighted by molar-refractivity contribution is 6.18. The number of rotatable bonds is 4. The predicted octanol–water partition coefficient (Wildman–Crippen LogP) is 3.70. The first-order valence-electron chi connectivity index (χ1n) is 10.4. The van der Waals surface area contributed by atoms with Crippen molar-refractivity contribution in [3.8, 4) is 11.4 Å². The number of hydrogen-bond donors (Lipinski definition) is 0. The van der Waals surface area contributed by atoms with E-state index in [0.717, 1.165) is 6.07 Å². The van der Waals surface area contributed by atoms with Crippen LogP contribution in [-0.2, 0) is 6.54 Å². The molecule has 32 heavy (non-hydrogen) atoms. The number of imidazole rings is 1. The van der Waals surface area contributed by atoms with Gasteiger partial charge in [0.2, 0.25) is 5.96 Å². The van der Waals surface area contributed by atoms with Gasteiger partial charge in [0.1, 0.15) is 23.3 Å². The molecular weight excluding hydrogens is 414 g/mol. The van der Waals surface area contributed by atoms with Gasteiger partial charge in [-0.2, -0.15) is 0 Å². The monoisotopic (exact) mass is 436 g/mol. The lowest BCUT2D eigenvalue weighted by molar-refractivity contribution is 0.0841. The van der Waals surface area contributed by atoms with Crippen LogP contribution in [0.15, 0.2) is 47.7 Å². The lowest BCUT2D eigenvalue weighted by Gasteiger charge is -2.34. The molecule has 3 aromatic rings. The minimum absolute atomic E-state index is 0.0717.